The van der Waals surface area contributed by atoms with Crippen LogP contribution in [0.1, 0.15) is 24.0 Å². The highest BCUT2D eigenvalue weighted by Crippen LogP contribution is 2.27. The van der Waals surface area contributed by atoms with Gasteiger partial charge in [0.25, 0.3) is 0 Å². The quantitative estimate of drug-likeness (QED) is 0.784. The first-order chi connectivity index (χ1) is 11.4. The summed E-state index contributed by atoms with van der Waals surface area (Å²) in [6.07, 6.45) is 0.709. The molecule has 6 nitrogen and oxygen atoms in total. The van der Waals surface area contributed by atoms with E-state index in [1.54, 1.807) is 26.0 Å². The lowest BCUT2D eigenvalue weighted by atomic mass is 10.0. The summed E-state index contributed by atoms with van der Waals surface area (Å²) < 4.78 is 11.2. The normalized spacial score (nSPS) is 18.4. The zero-order chi connectivity index (χ0) is 17.2. The molecule has 128 valence electrons. The Morgan fingerprint density at radius 1 is 1.29 bits per heavy atom. The van der Waals surface area contributed by atoms with Gasteiger partial charge >= 0.3 is 6.03 Å². The van der Waals surface area contributed by atoms with Gasteiger partial charge in [-0.15, -0.1) is 0 Å². The van der Waals surface area contributed by atoms with E-state index < -0.39 is 5.60 Å². The number of aliphatic hydroxyl groups is 1. The van der Waals surface area contributed by atoms with Gasteiger partial charge in [0.15, 0.2) is 0 Å². The average Bonchev–Trinajstić information content (AvgIpc) is 3.17. The highest BCUT2D eigenvalue weighted by atomic mass is 16.5. The van der Waals surface area contributed by atoms with Gasteiger partial charge in [0.05, 0.1) is 13.1 Å². The number of ether oxygens (including phenoxy) is 1. The summed E-state index contributed by atoms with van der Waals surface area (Å²) in [4.78, 5) is 11.9. The molecule has 0 fully saturated rings. The minimum atomic E-state index is -1.26. The van der Waals surface area contributed by atoms with Crippen LogP contribution in [0.3, 0.4) is 0 Å². The second-order valence-corrected chi connectivity index (χ2v) is 6.30. The Labute approximate surface area is 140 Å². The number of para-hydroxylation sites is 1. The number of benzene rings is 1. The Morgan fingerprint density at radius 2 is 2.08 bits per heavy atom. The molecule has 1 aliphatic rings. The van der Waals surface area contributed by atoms with Crippen LogP contribution in [0.15, 0.2) is 40.8 Å². The van der Waals surface area contributed by atoms with Gasteiger partial charge in [0, 0.05) is 6.42 Å². The number of amides is 2. The third kappa shape index (κ3) is 3.71. The molecule has 0 radical (unpaired) electrons. The molecule has 1 aliphatic heterocycles. The third-order valence-electron chi connectivity index (χ3n) is 4.07. The lowest BCUT2D eigenvalue weighted by Crippen LogP contribution is -2.45. The molecule has 0 spiro atoms. The summed E-state index contributed by atoms with van der Waals surface area (Å²) in [5.74, 6) is 2.02. The van der Waals surface area contributed by atoms with E-state index in [1.807, 2.05) is 24.3 Å². The number of nitrogens with one attached hydrogen (secondary N) is 2. The SMILES string of the molecule is Cc1ccc([C@](C)(O)CNC(=O)NC[C@H]2Cc3ccccc3O2)o1. The summed E-state index contributed by atoms with van der Waals surface area (Å²) >= 11 is 0. The number of urea groups is 1. The minimum absolute atomic E-state index is 0.0531. The van der Waals surface area contributed by atoms with E-state index in [1.165, 1.54) is 0 Å². The Hall–Kier alpha value is -2.47. The summed E-state index contributed by atoms with van der Waals surface area (Å²) in [5, 5.41) is 15.8. The maximum atomic E-state index is 11.9. The van der Waals surface area contributed by atoms with Crippen molar-refractivity contribution in [3.63, 3.8) is 0 Å². The predicted octanol–water partition coefficient (Wildman–Crippen LogP) is 2.10. The molecular weight excluding hydrogens is 308 g/mol. The molecule has 24 heavy (non-hydrogen) atoms. The average molecular weight is 330 g/mol. The second-order valence-electron chi connectivity index (χ2n) is 6.30. The van der Waals surface area contributed by atoms with Gasteiger partial charge in [0.1, 0.15) is 29.0 Å². The number of rotatable bonds is 5. The van der Waals surface area contributed by atoms with Gasteiger partial charge < -0.3 is 24.9 Å². The van der Waals surface area contributed by atoms with Crippen LogP contribution in [0, 0.1) is 6.92 Å². The monoisotopic (exact) mass is 330 g/mol. The first kappa shape index (κ1) is 16.4. The molecule has 2 heterocycles. The first-order valence-electron chi connectivity index (χ1n) is 7.99. The van der Waals surface area contributed by atoms with Crippen molar-refractivity contribution >= 4 is 6.03 Å². The van der Waals surface area contributed by atoms with Gasteiger partial charge in [-0.05, 0) is 37.6 Å². The molecule has 0 saturated heterocycles. The second kappa shape index (κ2) is 6.57. The van der Waals surface area contributed by atoms with E-state index in [9.17, 15) is 9.90 Å². The van der Waals surface area contributed by atoms with Crippen LogP contribution < -0.4 is 15.4 Å². The molecule has 2 atom stereocenters. The number of fused-ring (bicyclic) bond motifs is 1. The van der Waals surface area contributed by atoms with E-state index >= 15 is 0 Å². The third-order valence-corrected chi connectivity index (χ3v) is 4.07. The van der Waals surface area contributed by atoms with Gasteiger partial charge in [-0.1, -0.05) is 18.2 Å². The van der Waals surface area contributed by atoms with Crippen molar-refractivity contribution in [3.05, 3.63) is 53.5 Å². The van der Waals surface area contributed by atoms with Crippen molar-refractivity contribution in [1.29, 1.82) is 0 Å². The van der Waals surface area contributed by atoms with Gasteiger partial charge in [-0.3, -0.25) is 0 Å². The van der Waals surface area contributed by atoms with Gasteiger partial charge in [0.2, 0.25) is 0 Å². The lowest BCUT2D eigenvalue weighted by Gasteiger charge is -2.21. The minimum Gasteiger partial charge on any atom is -0.488 e. The van der Waals surface area contributed by atoms with E-state index in [0.717, 1.165) is 17.7 Å². The summed E-state index contributed by atoms with van der Waals surface area (Å²) in [7, 11) is 0. The number of furan rings is 1. The number of hydrogen-bond donors (Lipinski definition) is 3. The molecular formula is C18H22N2O4. The lowest BCUT2D eigenvalue weighted by molar-refractivity contribution is 0.0359. The maximum Gasteiger partial charge on any atom is 0.315 e. The molecule has 1 aromatic heterocycles. The van der Waals surface area contributed by atoms with Crippen molar-refractivity contribution < 1.29 is 19.1 Å². The maximum absolute atomic E-state index is 11.9. The summed E-state index contributed by atoms with van der Waals surface area (Å²) in [6.45, 7) is 3.86. The summed E-state index contributed by atoms with van der Waals surface area (Å²) in [5.41, 5.74) is -0.105. The van der Waals surface area contributed by atoms with Crippen LogP contribution in [-0.2, 0) is 12.0 Å². The van der Waals surface area contributed by atoms with Crippen molar-refractivity contribution in [2.45, 2.75) is 32.0 Å². The Balaban J connectivity index is 1.44. The Kier molecular flexibility index (Phi) is 4.49. The highest BCUT2D eigenvalue weighted by Gasteiger charge is 2.28. The van der Waals surface area contributed by atoms with Gasteiger partial charge in [-0.25, -0.2) is 4.79 Å². The largest absolute Gasteiger partial charge is 0.488 e. The van der Waals surface area contributed by atoms with Crippen LogP contribution in [0.25, 0.3) is 0 Å². The summed E-state index contributed by atoms with van der Waals surface area (Å²) in [6, 6.07) is 11.0. The number of hydrogen-bond acceptors (Lipinski definition) is 4. The molecule has 1 aromatic carbocycles. The number of aryl methyl sites for hydroxylation is 1. The molecule has 2 aromatic rings. The standard InChI is InChI=1S/C18H22N2O4/c1-12-7-8-16(23-12)18(2,22)11-20-17(21)19-10-14-9-13-5-3-4-6-15(13)24-14/h3-8,14,22H,9-11H2,1-2H3,(H2,19,20,21)/t14-,18-/m1/s1. The fourth-order valence-electron chi connectivity index (χ4n) is 2.70. The Morgan fingerprint density at radius 3 is 2.79 bits per heavy atom. The van der Waals surface area contributed by atoms with E-state index in [2.05, 4.69) is 10.6 Å². The van der Waals surface area contributed by atoms with Gasteiger partial charge in [-0.2, -0.15) is 0 Å². The van der Waals surface area contributed by atoms with E-state index in [-0.39, 0.29) is 18.7 Å². The molecule has 0 saturated carbocycles. The van der Waals surface area contributed by atoms with Crippen molar-refractivity contribution in [3.8, 4) is 5.75 Å². The number of carbonyl (C=O) groups is 1. The Bertz CT molecular complexity index is 698. The topological polar surface area (TPSA) is 83.7 Å². The zero-order valence-corrected chi connectivity index (χ0v) is 13.8. The number of carbonyl (C=O) groups excluding carboxylic acids is 1. The van der Waals surface area contributed by atoms with Crippen LogP contribution in [0.2, 0.25) is 0 Å². The molecule has 0 aliphatic carbocycles. The van der Waals surface area contributed by atoms with Crippen LogP contribution in [0.4, 0.5) is 4.79 Å². The highest BCUT2D eigenvalue weighted by molar-refractivity contribution is 5.74. The molecule has 6 heteroatoms. The van der Waals surface area contributed by atoms with Crippen LogP contribution in [0.5, 0.6) is 5.75 Å². The fourth-order valence-corrected chi connectivity index (χ4v) is 2.70. The molecule has 0 bridgehead atoms. The van der Waals surface area contributed by atoms with Crippen molar-refractivity contribution in [1.82, 2.24) is 10.6 Å². The fraction of sp³-hybridized carbons (Fsp3) is 0.389. The molecule has 0 unspecified atom stereocenters. The van der Waals surface area contributed by atoms with Crippen molar-refractivity contribution in [2.75, 3.05) is 13.1 Å². The van der Waals surface area contributed by atoms with E-state index in [0.29, 0.717) is 18.1 Å². The smallest absolute Gasteiger partial charge is 0.315 e. The van der Waals surface area contributed by atoms with Crippen LogP contribution >= 0.6 is 0 Å². The first-order valence-corrected chi connectivity index (χ1v) is 7.99. The molecule has 2 amide bonds. The molecule has 3 rings (SSSR count). The predicted molar refractivity (Wildman–Crippen MR) is 89.0 cm³/mol. The van der Waals surface area contributed by atoms with E-state index in [4.69, 9.17) is 9.15 Å². The zero-order valence-electron chi connectivity index (χ0n) is 13.8. The van der Waals surface area contributed by atoms with Crippen LogP contribution in [-0.4, -0.2) is 30.3 Å². The van der Waals surface area contributed by atoms with Crippen molar-refractivity contribution in [2.24, 2.45) is 0 Å². The molecule has 3 N–H and O–H groups in total.